The minimum atomic E-state index is -0.366. The summed E-state index contributed by atoms with van der Waals surface area (Å²) in [5.74, 6) is -0.400. The van der Waals surface area contributed by atoms with Crippen molar-refractivity contribution in [2.75, 3.05) is 25.0 Å². The van der Waals surface area contributed by atoms with E-state index in [2.05, 4.69) is 10.2 Å². The van der Waals surface area contributed by atoms with Crippen LogP contribution in [0, 0.1) is 0 Å². The molecule has 0 saturated carbocycles. The van der Waals surface area contributed by atoms with Crippen molar-refractivity contribution in [1.29, 1.82) is 0 Å². The zero-order valence-corrected chi connectivity index (χ0v) is 12.0. The Bertz CT molecular complexity index is 493. The van der Waals surface area contributed by atoms with Crippen LogP contribution in [0.2, 0.25) is 0 Å². The summed E-state index contributed by atoms with van der Waals surface area (Å²) in [6.45, 7) is 2.12. The lowest BCUT2D eigenvalue weighted by atomic mass is 10.1. The number of benzene rings is 1. The molecule has 0 unspecified atom stereocenters. The third kappa shape index (κ3) is 5.17. The normalized spacial score (nSPS) is 16.6. The van der Waals surface area contributed by atoms with E-state index in [-0.39, 0.29) is 24.3 Å². The van der Waals surface area contributed by atoms with Crippen LogP contribution in [-0.4, -0.2) is 42.4 Å². The van der Waals surface area contributed by atoms with Crippen molar-refractivity contribution in [2.24, 2.45) is 11.5 Å². The molecule has 0 aromatic heterocycles. The summed E-state index contributed by atoms with van der Waals surface area (Å²) < 4.78 is 0. The van der Waals surface area contributed by atoms with Gasteiger partial charge in [0.1, 0.15) is 0 Å². The van der Waals surface area contributed by atoms with E-state index >= 15 is 0 Å². The Morgan fingerprint density at radius 3 is 2.38 bits per heavy atom. The number of nitrogens with two attached hydrogens (primary N) is 2. The maximum atomic E-state index is 12.0. The molecule has 6 nitrogen and oxygen atoms in total. The van der Waals surface area contributed by atoms with Crippen LogP contribution in [0.15, 0.2) is 24.3 Å². The molecule has 0 aliphatic carbocycles. The summed E-state index contributed by atoms with van der Waals surface area (Å²) in [5.41, 5.74) is 12.5. The molecule has 114 valence electrons. The first-order valence-electron chi connectivity index (χ1n) is 7.18. The van der Waals surface area contributed by atoms with Gasteiger partial charge in [0.25, 0.3) is 0 Å². The lowest BCUT2D eigenvalue weighted by molar-refractivity contribution is -0.118. The monoisotopic (exact) mass is 290 g/mol. The predicted octanol–water partition coefficient (Wildman–Crippen LogP) is 0.0760. The summed E-state index contributed by atoms with van der Waals surface area (Å²) >= 11 is 0. The Balaban J connectivity index is 1.80. The molecule has 5 N–H and O–H groups in total. The molecule has 2 rings (SSSR count). The Kier molecular flexibility index (Phi) is 5.30. The minimum Gasteiger partial charge on any atom is -0.369 e. The first-order valence-corrected chi connectivity index (χ1v) is 7.18. The average molecular weight is 290 g/mol. The Labute approximate surface area is 124 Å². The predicted molar refractivity (Wildman–Crippen MR) is 81.6 cm³/mol. The SMILES string of the molecule is NC(=O)Cc1ccc(NC(=O)CN2CCC(N)CC2)cc1. The molecule has 1 heterocycles. The van der Waals surface area contributed by atoms with Gasteiger partial charge in [0.15, 0.2) is 0 Å². The summed E-state index contributed by atoms with van der Waals surface area (Å²) in [5, 5.41) is 2.85. The van der Waals surface area contributed by atoms with Crippen LogP contribution in [0.5, 0.6) is 0 Å². The smallest absolute Gasteiger partial charge is 0.238 e. The number of amides is 2. The average Bonchev–Trinajstić information content (AvgIpc) is 2.43. The van der Waals surface area contributed by atoms with Crippen molar-refractivity contribution in [3.63, 3.8) is 0 Å². The van der Waals surface area contributed by atoms with Crippen LogP contribution in [0.4, 0.5) is 5.69 Å². The number of carbonyl (C=O) groups is 2. The zero-order chi connectivity index (χ0) is 15.2. The molecular weight excluding hydrogens is 268 g/mol. The molecular formula is C15H22N4O2. The second kappa shape index (κ2) is 7.19. The van der Waals surface area contributed by atoms with E-state index in [0.717, 1.165) is 37.2 Å². The van der Waals surface area contributed by atoms with Gasteiger partial charge in [0.05, 0.1) is 13.0 Å². The number of likely N-dealkylation sites (tertiary alicyclic amines) is 1. The van der Waals surface area contributed by atoms with Crippen LogP contribution >= 0.6 is 0 Å². The van der Waals surface area contributed by atoms with Gasteiger partial charge in [-0.05, 0) is 30.5 Å². The Morgan fingerprint density at radius 1 is 1.19 bits per heavy atom. The fourth-order valence-corrected chi connectivity index (χ4v) is 2.42. The topological polar surface area (TPSA) is 101 Å². The van der Waals surface area contributed by atoms with Crippen LogP contribution < -0.4 is 16.8 Å². The highest BCUT2D eigenvalue weighted by molar-refractivity contribution is 5.92. The summed E-state index contributed by atoms with van der Waals surface area (Å²) in [7, 11) is 0. The van der Waals surface area contributed by atoms with Gasteiger partial charge in [-0.25, -0.2) is 0 Å². The maximum Gasteiger partial charge on any atom is 0.238 e. The molecule has 1 saturated heterocycles. The number of nitrogens with one attached hydrogen (secondary N) is 1. The summed E-state index contributed by atoms with van der Waals surface area (Å²) in [6.07, 6.45) is 2.09. The molecule has 1 aromatic carbocycles. The van der Waals surface area contributed by atoms with E-state index in [1.807, 2.05) is 0 Å². The van der Waals surface area contributed by atoms with E-state index < -0.39 is 0 Å². The third-order valence-corrected chi connectivity index (χ3v) is 3.62. The standard InChI is InChI=1S/C15H22N4O2/c16-12-5-7-19(8-6-12)10-15(21)18-13-3-1-11(2-4-13)9-14(17)20/h1-4,12H,5-10,16H2,(H2,17,20)(H,18,21). The van der Waals surface area contributed by atoms with Gasteiger partial charge in [-0.3, -0.25) is 14.5 Å². The van der Waals surface area contributed by atoms with E-state index in [4.69, 9.17) is 11.5 Å². The van der Waals surface area contributed by atoms with Crippen molar-refractivity contribution in [2.45, 2.75) is 25.3 Å². The Morgan fingerprint density at radius 2 is 1.81 bits per heavy atom. The molecule has 1 aliphatic rings. The van der Waals surface area contributed by atoms with Gasteiger partial charge < -0.3 is 16.8 Å². The maximum absolute atomic E-state index is 12.0. The van der Waals surface area contributed by atoms with Crippen molar-refractivity contribution in [1.82, 2.24) is 4.90 Å². The zero-order valence-electron chi connectivity index (χ0n) is 12.0. The first kappa shape index (κ1) is 15.5. The number of hydrogen-bond acceptors (Lipinski definition) is 4. The summed E-state index contributed by atoms with van der Waals surface area (Å²) in [4.78, 5) is 24.9. The number of anilines is 1. The molecule has 2 amide bonds. The number of nitrogens with zero attached hydrogens (tertiary/aromatic N) is 1. The molecule has 6 heteroatoms. The fourth-order valence-electron chi connectivity index (χ4n) is 2.42. The molecule has 1 fully saturated rings. The minimum absolute atomic E-state index is 0.0341. The molecule has 0 bridgehead atoms. The van der Waals surface area contributed by atoms with E-state index in [0.29, 0.717) is 6.54 Å². The van der Waals surface area contributed by atoms with Crippen molar-refractivity contribution in [3.05, 3.63) is 29.8 Å². The van der Waals surface area contributed by atoms with Gasteiger partial charge in [-0.2, -0.15) is 0 Å². The van der Waals surface area contributed by atoms with Crippen molar-refractivity contribution >= 4 is 17.5 Å². The van der Waals surface area contributed by atoms with Gasteiger partial charge in [-0.1, -0.05) is 12.1 Å². The number of primary amides is 1. The molecule has 1 aliphatic heterocycles. The highest BCUT2D eigenvalue weighted by atomic mass is 16.2. The van der Waals surface area contributed by atoms with Crippen LogP contribution in [-0.2, 0) is 16.0 Å². The lowest BCUT2D eigenvalue weighted by Crippen LogP contribution is -2.43. The molecule has 0 radical (unpaired) electrons. The largest absolute Gasteiger partial charge is 0.369 e. The van der Waals surface area contributed by atoms with Gasteiger partial charge in [0.2, 0.25) is 11.8 Å². The Hall–Kier alpha value is -1.92. The second-order valence-corrected chi connectivity index (χ2v) is 5.50. The number of rotatable bonds is 5. The van der Waals surface area contributed by atoms with Crippen molar-refractivity contribution < 1.29 is 9.59 Å². The van der Waals surface area contributed by atoms with Crippen LogP contribution in [0.1, 0.15) is 18.4 Å². The van der Waals surface area contributed by atoms with Gasteiger partial charge in [-0.15, -0.1) is 0 Å². The third-order valence-electron chi connectivity index (χ3n) is 3.62. The van der Waals surface area contributed by atoms with Crippen molar-refractivity contribution in [3.8, 4) is 0 Å². The van der Waals surface area contributed by atoms with Gasteiger partial charge >= 0.3 is 0 Å². The molecule has 21 heavy (non-hydrogen) atoms. The van der Waals surface area contributed by atoms with E-state index in [9.17, 15) is 9.59 Å². The quantitative estimate of drug-likeness (QED) is 0.714. The molecule has 1 aromatic rings. The first-order chi connectivity index (χ1) is 10.0. The van der Waals surface area contributed by atoms with E-state index in [1.54, 1.807) is 24.3 Å². The number of piperidine rings is 1. The second-order valence-electron chi connectivity index (χ2n) is 5.50. The van der Waals surface area contributed by atoms with Gasteiger partial charge in [0, 0.05) is 24.8 Å². The number of carbonyl (C=O) groups excluding carboxylic acids is 2. The highest BCUT2D eigenvalue weighted by Gasteiger charge is 2.18. The molecule has 0 atom stereocenters. The van der Waals surface area contributed by atoms with Crippen LogP contribution in [0.3, 0.4) is 0 Å². The fraction of sp³-hybridized carbons (Fsp3) is 0.467. The van der Waals surface area contributed by atoms with Crippen LogP contribution in [0.25, 0.3) is 0 Å². The van der Waals surface area contributed by atoms with E-state index in [1.165, 1.54) is 0 Å². The molecule has 0 spiro atoms. The number of hydrogen-bond donors (Lipinski definition) is 3. The lowest BCUT2D eigenvalue weighted by Gasteiger charge is -2.29. The summed E-state index contributed by atoms with van der Waals surface area (Å²) in [6, 6.07) is 7.41. The highest BCUT2D eigenvalue weighted by Crippen LogP contribution is 2.11.